The van der Waals surface area contributed by atoms with Crippen LogP contribution in [0.15, 0.2) is 61.2 Å². The molecule has 11 heteroatoms. The maximum atomic E-state index is 13.8. The van der Waals surface area contributed by atoms with Crippen LogP contribution in [0.5, 0.6) is 6.01 Å². The second kappa shape index (κ2) is 12.1. The quantitative estimate of drug-likeness (QED) is 0.261. The third-order valence-electron chi connectivity index (χ3n) is 8.38. The first kappa shape index (κ1) is 28.8. The highest BCUT2D eigenvalue weighted by atomic mass is 35.5. The molecule has 0 radical (unpaired) electrons. The van der Waals surface area contributed by atoms with Crippen LogP contribution in [0.1, 0.15) is 19.3 Å². The molecule has 4 heterocycles. The molecule has 2 saturated heterocycles. The summed E-state index contributed by atoms with van der Waals surface area (Å²) in [6, 6.07) is 13.8. The summed E-state index contributed by atoms with van der Waals surface area (Å²) in [5, 5.41) is 12.7. The van der Waals surface area contributed by atoms with E-state index in [-0.39, 0.29) is 25.0 Å². The van der Waals surface area contributed by atoms with E-state index in [9.17, 15) is 14.4 Å². The van der Waals surface area contributed by atoms with Crippen LogP contribution in [-0.4, -0.2) is 82.6 Å². The number of nitriles is 1. The van der Waals surface area contributed by atoms with Crippen LogP contribution >= 0.6 is 11.6 Å². The lowest BCUT2D eigenvalue weighted by molar-refractivity contribution is -0.131. The minimum atomic E-state index is -1.04. The number of piperazine rings is 1. The average molecular weight is 600 g/mol. The predicted molar refractivity (Wildman–Crippen MR) is 165 cm³/mol. The number of rotatable bonds is 7. The van der Waals surface area contributed by atoms with E-state index in [1.165, 1.54) is 4.90 Å². The van der Waals surface area contributed by atoms with Crippen LogP contribution in [0.3, 0.4) is 0 Å². The molecule has 2 aromatic carbocycles. The molecule has 0 saturated carbocycles. The fourth-order valence-corrected chi connectivity index (χ4v) is 6.37. The number of pyridine rings is 1. The first-order valence-electron chi connectivity index (χ1n) is 14.3. The fraction of sp³-hybridized carbons (Fsp3) is 0.344. The number of ether oxygens (including phenoxy) is 1. The Kier molecular flexibility index (Phi) is 8.10. The highest BCUT2D eigenvalue weighted by Crippen LogP contribution is 2.36. The molecule has 2 fully saturated rings. The minimum Gasteiger partial charge on any atom is -0.462 e. The molecular weight excluding hydrogens is 569 g/mol. The predicted octanol–water partition coefficient (Wildman–Crippen LogP) is 5.39. The summed E-state index contributed by atoms with van der Waals surface area (Å²) in [7, 11) is 2.09. The van der Waals surface area contributed by atoms with Crippen molar-refractivity contribution in [2.24, 2.45) is 0 Å². The Labute approximate surface area is 254 Å². The van der Waals surface area contributed by atoms with Gasteiger partial charge >= 0.3 is 6.01 Å². The first-order chi connectivity index (χ1) is 20.8. The van der Waals surface area contributed by atoms with Gasteiger partial charge in [0.05, 0.1) is 24.0 Å². The Bertz CT molecular complexity index is 1750. The lowest BCUT2D eigenvalue weighted by Gasteiger charge is -2.41. The number of halogens is 2. The van der Waals surface area contributed by atoms with Crippen molar-refractivity contribution in [3.05, 3.63) is 66.2 Å². The van der Waals surface area contributed by atoms with E-state index < -0.39 is 17.8 Å². The Hall–Kier alpha value is -4.33. The topological polar surface area (TPSA) is 98.5 Å². The summed E-state index contributed by atoms with van der Waals surface area (Å²) in [5.41, 5.74) is 2.45. The molecule has 2 aromatic heterocycles. The number of aromatic nitrogens is 3. The van der Waals surface area contributed by atoms with E-state index in [4.69, 9.17) is 26.3 Å². The van der Waals surface area contributed by atoms with E-state index in [1.54, 1.807) is 12.4 Å². The van der Waals surface area contributed by atoms with Gasteiger partial charge in [0.25, 0.3) is 5.91 Å². The van der Waals surface area contributed by atoms with Crippen LogP contribution in [0.2, 0.25) is 5.02 Å². The van der Waals surface area contributed by atoms with E-state index >= 15 is 0 Å². The van der Waals surface area contributed by atoms with Gasteiger partial charge in [-0.05, 0) is 50.2 Å². The van der Waals surface area contributed by atoms with Gasteiger partial charge in [0, 0.05) is 64.8 Å². The Morgan fingerprint density at radius 2 is 2.05 bits per heavy atom. The fourth-order valence-electron chi connectivity index (χ4n) is 6.08. The van der Waals surface area contributed by atoms with Crippen molar-refractivity contribution < 1.29 is 13.9 Å². The molecule has 0 bridgehead atoms. The molecule has 220 valence electrons. The molecule has 4 aromatic rings. The van der Waals surface area contributed by atoms with Crippen LogP contribution in [0.25, 0.3) is 32.8 Å². The van der Waals surface area contributed by atoms with Gasteiger partial charge in [-0.3, -0.25) is 9.78 Å². The van der Waals surface area contributed by atoms with Gasteiger partial charge in [-0.15, -0.1) is 0 Å². The normalized spacial score (nSPS) is 19.1. The number of carbonyl (C=O) groups excluding carboxylic acids is 1. The summed E-state index contributed by atoms with van der Waals surface area (Å²) < 4.78 is 20.0. The maximum absolute atomic E-state index is 13.8. The monoisotopic (exact) mass is 599 g/mol. The Balaban J connectivity index is 1.41. The number of benzene rings is 2. The van der Waals surface area contributed by atoms with Gasteiger partial charge in [-0.25, -0.2) is 4.39 Å². The van der Waals surface area contributed by atoms with Crippen molar-refractivity contribution in [1.82, 2.24) is 24.8 Å². The second-order valence-corrected chi connectivity index (χ2v) is 11.4. The number of likely N-dealkylation sites (tertiary alicyclic amines) is 1. The summed E-state index contributed by atoms with van der Waals surface area (Å²) in [6.45, 7) is 5.56. The number of nitrogens with zero attached hydrogens (tertiary/aromatic N) is 7. The molecule has 43 heavy (non-hydrogen) atoms. The number of carbonyl (C=O) groups is 1. The molecule has 0 unspecified atom stereocenters. The molecule has 0 spiro atoms. The summed E-state index contributed by atoms with van der Waals surface area (Å²) in [5.74, 6) is -1.19. The smallest absolute Gasteiger partial charge is 0.319 e. The number of hydrogen-bond acceptors (Lipinski definition) is 8. The van der Waals surface area contributed by atoms with Crippen LogP contribution in [0, 0.1) is 11.3 Å². The van der Waals surface area contributed by atoms with Crippen molar-refractivity contribution in [3.63, 3.8) is 0 Å². The highest BCUT2D eigenvalue weighted by molar-refractivity contribution is 6.36. The van der Waals surface area contributed by atoms with Crippen molar-refractivity contribution >= 4 is 45.0 Å². The van der Waals surface area contributed by atoms with E-state index in [1.807, 2.05) is 41.3 Å². The standard InChI is InChI=1S/C32H31ClFN7O2/c1-20(34)31(42)41-14-13-40(18-23(41)10-11-35)30-25-9-8-21(26-17-36-16-22-5-3-7-27(33)29(22)26)15-28(25)37-32(38-30)43-19-24-6-4-12-39(24)2/h3,5,7-9,15-17,23-24H,1,4,6,10,12-14,18-19H2,2H3/t23-,24-/m0/s1. The number of hydrogen-bond donors (Lipinski definition) is 0. The number of amides is 1. The number of anilines is 1. The van der Waals surface area contributed by atoms with E-state index in [0.29, 0.717) is 36.1 Å². The third kappa shape index (κ3) is 5.70. The molecule has 0 aliphatic carbocycles. The second-order valence-electron chi connectivity index (χ2n) is 11.0. The van der Waals surface area contributed by atoms with Crippen molar-refractivity contribution in [2.75, 3.05) is 44.7 Å². The molecule has 2 atom stereocenters. The summed E-state index contributed by atoms with van der Waals surface area (Å²) in [4.78, 5) is 32.2. The van der Waals surface area contributed by atoms with Gasteiger partial charge < -0.3 is 19.4 Å². The van der Waals surface area contributed by atoms with Crippen LogP contribution < -0.4 is 9.64 Å². The first-order valence-corrected chi connectivity index (χ1v) is 14.7. The van der Waals surface area contributed by atoms with Gasteiger partial charge in [0.15, 0.2) is 5.83 Å². The average Bonchev–Trinajstić information content (AvgIpc) is 3.43. The summed E-state index contributed by atoms with van der Waals surface area (Å²) >= 11 is 6.63. The lowest BCUT2D eigenvalue weighted by Crippen LogP contribution is -2.55. The van der Waals surface area contributed by atoms with Crippen LogP contribution in [0.4, 0.5) is 10.2 Å². The number of likely N-dealkylation sites (N-methyl/N-ethyl adjacent to an activating group) is 1. The Morgan fingerprint density at radius 3 is 2.81 bits per heavy atom. The lowest BCUT2D eigenvalue weighted by atomic mass is 9.99. The van der Waals surface area contributed by atoms with Gasteiger partial charge in [-0.1, -0.05) is 36.4 Å². The Morgan fingerprint density at radius 1 is 1.19 bits per heavy atom. The van der Waals surface area contributed by atoms with Gasteiger partial charge in [-0.2, -0.15) is 15.2 Å². The molecule has 9 nitrogen and oxygen atoms in total. The molecule has 2 aliphatic heterocycles. The highest BCUT2D eigenvalue weighted by Gasteiger charge is 2.33. The van der Waals surface area contributed by atoms with Gasteiger partial charge in [0.2, 0.25) is 0 Å². The molecule has 1 amide bonds. The zero-order chi connectivity index (χ0) is 30.1. The zero-order valence-electron chi connectivity index (χ0n) is 23.8. The van der Waals surface area contributed by atoms with Crippen molar-refractivity contribution in [3.8, 4) is 23.2 Å². The minimum absolute atomic E-state index is 0.0505. The summed E-state index contributed by atoms with van der Waals surface area (Å²) in [6.07, 6.45) is 5.80. The zero-order valence-corrected chi connectivity index (χ0v) is 24.6. The van der Waals surface area contributed by atoms with E-state index in [0.717, 1.165) is 46.7 Å². The molecular formula is C32H31ClFN7O2. The van der Waals surface area contributed by atoms with E-state index in [2.05, 4.69) is 29.6 Å². The number of fused-ring (bicyclic) bond motifs is 2. The third-order valence-corrected chi connectivity index (χ3v) is 8.69. The van der Waals surface area contributed by atoms with Crippen molar-refractivity contribution in [2.45, 2.75) is 31.3 Å². The largest absolute Gasteiger partial charge is 0.462 e. The van der Waals surface area contributed by atoms with Crippen molar-refractivity contribution in [1.29, 1.82) is 5.26 Å². The maximum Gasteiger partial charge on any atom is 0.319 e. The molecule has 2 aliphatic rings. The SMILES string of the molecule is C=C(F)C(=O)N1CCN(c2nc(OC[C@@H]3CCCN3C)nc3cc(-c4cncc5cccc(Cl)c45)ccc23)C[C@@H]1CC#N. The van der Waals surface area contributed by atoms with Crippen LogP contribution in [-0.2, 0) is 4.79 Å². The van der Waals surface area contributed by atoms with Gasteiger partial charge in [0.1, 0.15) is 12.4 Å². The molecule has 0 N–H and O–H groups in total. The molecule has 6 rings (SSSR count).